The number of rotatable bonds is 4. The molecule has 1 aromatic carbocycles. The normalized spacial score (nSPS) is 11.5. The number of halogens is 4. The van der Waals surface area contributed by atoms with E-state index in [0.717, 1.165) is 4.68 Å². The number of hydrogen-bond donors (Lipinski definition) is 0. The Morgan fingerprint density at radius 3 is 2.52 bits per heavy atom. The van der Waals surface area contributed by atoms with Gasteiger partial charge in [0.2, 0.25) is 0 Å². The largest absolute Gasteiger partial charge is 0.465 e. The number of ketones is 1. The fourth-order valence-corrected chi connectivity index (χ4v) is 2.73. The number of benzene rings is 1. The zero-order valence-electron chi connectivity index (χ0n) is 13.6. The Morgan fingerprint density at radius 2 is 1.96 bits per heavy atom. The van der Waals surface area contributed by atoms with Crippen molar-refractivity contribution < 1.29 is 27.5 Å². The molecule has 0 saturated carbocycles. The quantitative estimate of drug-likeness (QED) is 0.606. The molecule has 0 N–H and O–H groups in total. The van der Waals surface area contributed by atoms with E-state index < -0.39 is 29.2 Å². The molecular weight excluding hydrogens is 361 g/mol. The van der Waals surface area contributed by atoms with Crippen LogP contribution in [0.25, 0.3) is 0 Å². The molecule has 0 aliphatic rings. The second kappa shape index (κ2) is 6.87. The number of carbonyl (C=O) groups excluding carboxylic acids is 2. The Kier molecular flexibility index (Phi) is 5.22. The van der Waals surface area contributed by atoms with E-state index in [1.165, 1.54) is 39.3 Å². The van der Waals surface area contributed by atoms with E-state index in [2.05, 4.69) is 9.84 Å². The molecular formula is C16H14ClF3N2O3. The second-order valence-corrected chi connectivity index (χ2v) is 5.74. The van der Waals surface area contributed by atoms with Crippen LogP contribution in [0.3, 0.4) is 0 Å². The first-order chi connectivity index (χ1) is 11.6. The molecule has 5 nitrogen and oxygen atoms in total. The third kappa shape index (κ3) is 3.84. The number of Topliss-reactive ketones (excluding diaryl/α,β-unsaturated/α-hetero) is 1. The van der Waals surface area contributed by atoms with Crippen molar-refractivity contribution in [1.29, 1.82) is 0 Å². The molecule has 1 heterocycles. The molecule has 0 saturated heterocycles. The van der Waals surface area contributed by atoms with Crippen molar-refractivity contribution in [3.8, 4) is 0 Å². The highest BCUT2D eigenvalue weighted by Crippen LogP contribution is 2.34. The number of ether oxygens (including phenoxy) is 1. The lowest BCUT2D eigenvalue weighted by atomic mass is 10.0. The minimum atomic E-state index is -4.69. The third-order valence-corrected chi connectivity index (χ3v) is 3.90. The van der Waals surface area contributed by atoms with Crippen molar-refractivity contribution in [2.45, 2.75) is 19.5 Å². The molecule has 2 aromatic rings. The smallest absolute Gasteiger partial charge is 0.420 e. The molecule has 1 aromatic heterocycles. The number of nitrogens with zero attached hydrogens (tertiary/aromatic N) is 2. The summed E-state index contributed by atoms with van der Waals surface area (Å²) < 4.78 is 45.1. The first-order valence-electron chi connectivity index (χ1n) is 7.07. The molecule has 0 radical (unpaired) electrons. The van der Waals surface area contributed by atoms with Crippen molar-refractivity contribution in [2.75, 3.05) is 7.11 Å². The maximum atomic E-state index is 13.2. The standard InChI is InChI=1S/C16H14ClF3N2O3/c1-8-13(16(18,19)20)14(22(2)21-8)12(23)7-9-4-5-11(17)10(6-9)15(24)25-3/h4-6H,7H2,1-3H3. The predicted molar refractivity (Wildman–Crippen MR) is 83.8 cm³/mol. The van der Waals surface area contributed by atoms with Gasteiger partial charge >= 0.3 is 12.1 Å². The van der Waals surface area contributed by atoms with Crippen molar-refractivity contribution in [3.63, 3.8) is 0 Å². The van der Waals surface area contributed by atoms with E-state index in [1.807, 2.05) is 0 Å². The Morgan fingerprint density at radius 1 is 1.32 bits per heavy atom. The Hall–Kier alpha value is -2.35. The number of methoxy groups -OCH3 is 1. The highest BCUT2D eigenvalue weighted by molar-refractivity contribution is 6.33. The molecule has 0 aliphatic heterocycles. The molecule has 0 unspecified atom stereocenters. The summed E-state index contributed by atoms with van der Waals surface area (Å²) in [5.41, 5.74) is -1.49. The van der Waals surface area contributed by atoms with Crippen LogP contribution in [0.5, 0.6) is 0 Å². The highest BCUT2D eigenvalue weighted by atomic mass is 35.5. The van der Waals surface area contributed by atoms with Gasteiger partial charge in [0.25, 0.3) is 0 Å². The van der Waals surface area contributed by atoms with Gasteiger partial charge in [-0.2, -0.15) is 18.3 Å². The molecule has 25 heavy (non-hydrogen) atoms. The molecule has 0 atom stereocenters. The van der Waals surface area contributed by atoms with Crippen molar-refractivity contribution >= 4 is 23.4 Å². The number of esters is 1. The molecule has 0 amide bonds. The molecule has 0 aliphatic carbocycles. The van der Waals surface area contributed by atoms with Crippen LogP contribution in [0.2, 0.25) is 5.02 Å². The monoisotopic (exact) mass is 374 g/mol. The summed E-state index contributed by atoms with van der Waals surface area (Å²) in [6.07, 6.45) is -5.04. The van der Waals surface area contributed by atoms with Crippen molar-refractivity contribution in [2.24, 2.45) is 7.05 Å². The van der Waals surface area contributed by atoms with Crippen LogP contribution in [0, 0.1) is 6.92 Å². The summed E-state index contributed by atoms with van der Waals surface area (Å²) in [5.74, 6) is -1.47. The lowest BCUT2D eigenvalue weighted by Gasteiger charge is -2.10. The van der Waals surface area contributed by atoms with Gasteiger partial charge in [0.05, 0.1) is 23.4 Å². The number of carbonyl (C=O) groups is 2. The van der Waals surface area contributed by atoms with Crippen LogP contribution < -0.4 is 0 Å². The van der Waals surface area contributed by atoms with E-state index in [9.17, 15) is 22.8 Å². The van der Waals surface area contributed by atoms with E-state index in [-0.39, 0.29) is 22.7 Å². The first kappa shape index (κ1) is 19.0. The molecule has 2 rings (SSSR count). The third-order valence-electron chi connectivity index (χ3n) is 3.57. The Bertz CT molecular complexity index is 844. The van der Waals surface area contributed by atoms with Crippen LogP contribution in [0.1, 0.15) is 37.7 Å². The first-order valence-corrected chi connectivity index (χ1v) is 7.44. The second-order valence-electron chi connectivity index (χ2n) is 5.34. The maximum absolute atomic E-state index is 13.2. The van der Waals surface area contributed by atoms with Crippen LogP contribution in [-0.2, 0) is 24.4 Å². The Labute approximate surface area is 146 Å². The Balaban J connectivity index is 2.41. The van der Waals surface area contributed by atoms with E-state index >= 15 is 0 Å². The molecule has 9 heteroatoms. The van der Waals surface area contributed by atoms with Gasteiger partial charge in [-0.1, -0.05) is 17.7 Å². The minimum absolute atomic E-state index is 0.0340. The zero-order valence-corrected chi connectivity index (χ0v) is 14.3. The molecule has 0 bridgehead atoms. The lowest BCUT2D eigenvalue weighted by molar-refractivity contribution is -0.138. The van der Waals surface area contributed by atoms with Crippen molar-refractivity contribution in [3.05, 3.63) is 51.3 Å². The lowest BCUT2D eigenvalue weighted by Crippen LogP contribution is -2.17. The van der Waals surface area contributed by atoms with E-state index in [1.54, 1.807) is 0 Å². The zero-order chi connectivity index (χ0) is 18.9. The summed E-state index contributed by atoms with van der Waals surface area (Å²) in [6.45, 7) is 1.19. The van der Waals surface area contributed by atoms with Gasteiger partial charge in [0.15, 0.2) is 5.78 Å². The fraction of sp³-hybridized carbons (Fsp3) is 0.312. The predicted octanol–water partition coefficient (Wildman–Crippen LogP) is 3.61. The minimum Gasteiger partial charge on any atom is -0.465 e. The number of aryl methyl sites for hydroxylation is 2. The van der Waals surface area contributed by atoms with Gasteiger partial charge in [0, 0.05) is 13.5 Å². The van der Waals surface area contributed by atoms with E-state index in [4.69, 9.17) is 11.6 Å². The summed E-state index contributed by atoms with van der Waals surface area (Å²) in [5, 5.41) is 3.81. The summed E-state index contributed by atoms with van der Waals surface area (Å²) in [4.78, 5) is 24.1. The molecule has 0 fully saturated rings. The number of hydrogen-bond acceptors (Lipinski definition) is 4. The van der Waals surface area contributed by atoms with Crippen LogP contribution >= 0.6 is 11.6 Å². The highest BCUT2D eigenvalue weighted by Gasteiger charge is 2.40. The summed E-state index contributed by atoms with van der Waals surface area (Å²) in [7, 11) is 2.45. The van der Waals surface area contributed by atoms with Crippen LogP contribution in [0.4, 0.5) is 13.2 Å². The van der Waals surface area contributed by atoms with Gasteiger partial charge in [-0.15, -0.1) is 0 Å². The topological polar surface area (TPSA) is 61.2 Å². The average Bonchev–Trinajstić information content (AvgIpc) is 2.82. The van der Waals surface area contributed by atoms with Gasteiger partial charge in [-0.25, -0.2) is 4.79 Å². The summed E-state index contributed by atoms with van der Waals surface area (Å²) in [6, 6.07) is 4.17. The summed E-state index contributed by atoms with van der Waals surface area (Å²) >= 11 is 5.89. The van der Waals surface area contributed by atoms with Gasteiger partial charge in [-0.3, -0.25) is 9.48 Å². The SMILES string of the molecule is COC(=O)c1cc(CC(=O)c2c(C(F)(F)F)c(C)nn2C)ccc1Cl. The number of alkyl halides is 3. The van der Waals surface area contributed by atoms with Gasteiger partial charge < -0.3 is 4.74 Å². The average molecular weight is 375 g/mol. The maximum Gasteiger partial charge on any atom is 0.420 e. The fourth-order valence-electron chi connectivity index (χ4n) is 2.54. The van der Waals surface area contributed by atoms with Crippen molar-refractivity contribution in [1.82, 2.24) is 9.78 Å². The van der Waals surface area contributed by atoms with Crippen LogP contribution in [-0.4, -0.2) is 28.6 Å². The number of aromatic nitrogens is 2. The molecule has 134 valence electrons. The van der Waals surface area contributed by atoms with Crippen LogP contribution in [0.15, 0.2) is 18.2 Å². The van der Waals surface area contributed by atoms with E-state index in [0.29, 0.717) is 5.56 Å². The molecule has 0 spiro atoms. The van der Waals surface area contributed by atoms with Gasteiger partial charge in [0.1, 0.15) is 11.3 Å². The van der Waals surface area contributed by atoms with Gasteiger partial charge in [-0.05, 0) is 24.6 Å².